The maximum atomic E-state index is 11.6. The number of carbonyl (C=O) groups excluding carboxylic acids is 1. The van der Waals surface area contributed by atoms with Gasteiger partial charge in [0.25, 0.3) is 0 Å². The maximum absolute atomic E-state index is 11.6. The fourth-order valence-corrected chi connectivity index (χ4v) is 1.77. The molecule has 0 amide bonds. The molecule has 0 radical (unpaired) electrons. The molecule has 1 aromatic carbocycles. The molecule has 1 nitrogen and oxygen atoms in total. The number of aryl methyl sites for hydroxylation is 2. The SMILES string of the molecule is Cc1cc(C)cc(C(=O)C(Br)Br)c1. The average molecular weight is 306 g/mol. The van der Waals surface area contributed by atoms with Crippen LogP contribution < -0.4 is 0 Å². The minimum atomic E-state index is -0.291. The standard InChI is InChI=1S/C10H10Br2O/c1-6-3-7(2)5-8(4-6)9(13)10(11)12/h3-5,10H,1-2H3. The zero-order chi connectivity index (χ0) is 10.0. The summed E-state index contributed by atoms with van der Waals surface area (Å²) < 4.78 is -0.291. The van der Waals surface area contributed by atoms with E-state index in [-0.39, 0.29) is 9.52 Å². The Hall–Kier alpha value is -0.150. The van der Waals surface area contributed by atoms with E-state index in [0.717, 1.165) is 16.7 Å². The summed E-state index contributed by atoms with van der Waals surface area (Å²) in [5.74, 6) is 0.0619. The van der Waals surface area contributed by atoms with E-state index in [9.17, 15) is 4.79 Å². The normalized spacial score (nSPS) is 10.5. The molecule has 70 valence electrons. The highest BCUT2D eigenvalue weighted by Crippen LogP contribution is 2.17. The topological polar surface area (TPSA) is 17.1 Å². The Morgan fingerprint density at radius 3 is 2.00 bits per heavy atom. The number of hydrogen-bond acceptors (Lipinski definition) is 1. The highest BCUT2D eigenvalue weighted by Gasteiger charge is 2.13. The number of hydrogen-bond donors (Lipinski definition) is 0. The molecule has 1 aromatic rings. The predicted octanol–water partition coefficient (Wildman–Crippen LogP) is 3.60. The molecule has 0 aliphatic rings. The molecule has 0 fully saturated rings. The number of ketones is 1. The van der Waals surface area contributed by atoms with Crippen molar-refractivity contribution in [3.8, 4) is 0 Å². The van der Waals surface area contributed by atoms with Crippen molar-refractivity contribution in [2.45, 2.75) is 17.6 Å². The number of alkyl halides is 2. The third kappa shape index (κ3) is 2.92. The molecule has 0 saturated carbocycles. The Bertz CT molecular complexity index is 311. The summed E-state index contributed by atoms with van der Waals surface area (Å²) in [6.07, 6.45) is 0. The fraction of sp³-hybridized carbons (Fsp3) is 0.300. The van der Waals surface area contributed by atoms with Gasteiger partial charge in [0, 0.05) is 5.56 Å². The molecule has 0 N–H and O–H groups in total. The van der Waals surface area contributed by atoms with E-state index in [2.05, 4.69) is 31.9 Å². The summed E-state index contributed by atoms with van der Waals surface area (Å²) in [5.41, 5.74) is 2.98. The molecule has 0 aliphatic carbocycles. The molecule has 0 saturated heterocycles. The molecule has 13 heavy (non-hydrogen) atoms. The third-order valence-electron chi connectivity index (χ3n) is 1.70. The Kier molecular flexibility index (Phi) is 3.68. The lowest BCUT2D eigenvalue weighted by molar-refractivity contribution is 0.101. The van der Waals surface area contributed by atoms with Crippen LogP contribution in [0.15, 0.2) is 18.2 Å². The number of halogens is 2. The van der Waals surface area contributed by atoms with Crippen molar-refractivity contribution in [1.82, 2.24) is 0 Å². The third-order valence-corrected chi connectivity index (χ3v) is 2.54. The van der Waals surface area contributed by atoms with Crippen LogP contribution in [0.5, 0.6) is 0 Å². The Balaban J connectivity index is 3.08. The van der Waals surface area contributed by atoms with Crippen molar-refractivity contribution in [2.75, 3.05) is 0 Å². The Morgan fingerprint density at radius 2 is 1.62 bits per heavy atom. The lowest BCUT2D eigenvalue weighted by Gasteiger charge is -2.04. The van der Waals surface area contributed by atoms with Crippen molar-refractivity contribution in [1.29, 1.82) is 0 Å². The first-order chi connectivity index (χ1) is 6.00. The molecular formula is C10H10Br2O. The van der Waals surface area contributed by atoms with Gasteiger partial charge in [-0.3, -0.25) is 4.79 Å². The second kappa shape index (κ2) is 4.38. The maximum Gasteiger partial charge on any atom is 0.187 e. The second-order valence-corrected chi connectivity index (χ2v) is 6.10. The van der Waals surface area contributed by atoms with Crippen molar-refractivity contribution >= 4 is 37.6 Å². The summed E-state index contributed by atoms with van der Waals surface area (Å²) >= 11 is 6.39. The van der Waals surface area contributed by atoms with Gasteiger partial charge in [-0.05, 0) is 26.0 Å². The van der Waals surface area contributed by atoms with Crippen molar-refractivity contribution < 1.29 is 4.79 Å². The predicted molar refractivity (Wildman–Crippen MR) is 61.9 cm³/mol. The number of carbonyl (C=O) groups is 1. The lowest BCUT2D eigenvalue weighted by Crippen LogP contribution is -2.07. The van der Waals surface area contributed by atoms with Gasteiger partial charge in [0.1, 0.15) is 3.74 Å². The van der Waals surface area contributed by atoms with Crippen molar-refractivity contribution in [3.05, 3.63) is 34.9 Å². The average Bonchev–Trinajstić information content (AvgIpc) is 2.01. The quantitative estimate of drug-likeness (QED) is 0.603. The van der Waals surface area contributed by atoms with Gasteiger partial charge in [-0.1, -0.05) is 49.1 Å². The van der Waals surface area contributed by atoms with E-state index in [0.29, 0.717) is 0 Å². The van der Waals surface area contributed by atoms with Crippen LogP contribution in [0.3, 0.4) is 0 Å². The molecule has 0 heterocycles. The highest BCUT2D eigenvalue weighted by molar-refractivity contribution is 9.25. The molecule has 3 heteroatoms. The second-order valence-electron chi connectivity index (χ2n) is 3.04. The molecule has 0 unspecified atom stereocenters. The molecule has 0 aromatic heterocycles. The first-order valence-electron chi connectivity index (χ1n) is 3.91. The Morgan fingerprint density at radius 1 is 1.15 bits per heavy atom. The van der Waals surface area contributed by atoms with Gasteiger partial charge < -0.3 is 0 Å². The Labute approximate surface area is 94.8 Å². The van der Waals surface area contributed by atoms with Gasteiger partial charge in [0.15, 0.2) is 5.78 Å². The summed E-state index contributed by atoms with van der Waals surface area (Å²) in [6, 6.07) is 5.84. The minimum Gasteiger partial charge on any atom is -0.292 e. The van der Waals surface area contributed by atoms with E-state index in [1.54, 1.807) is 0 Å². The summed E-state index contributed by atoms with van der Waals surface area (Å²) in [5, 5.41) is 0. The molecule has 0 aliphatic heterocycles. The van der Waals surface area contributed by atoms with Crippen molar-refractivity contribution in [3.63, 3.8) is 0 Å². The van der Waals surface area contributed by atoms with E-state index in [1.807, 2.05) is 32.0 Å². The van der Waals surface area contributed by atoms with Gasteiger partial charge in [0.05, 0.1) is 0 Å². The molecular weight excluding hydrogens is 296 g/mol. The van der Waals surface area contributed by atoms with Crippen LogP contribution in [0.25, 0.3) is 0 Å². The zero-order valence-corrected chi connectivity index (χ0v) is 10.6. The van der Waals surface area contributed by atoms with Crippen LogP contribution in [0, 0.1) is 13.8 Å². The first kappa shape index (κ1) is 10.9. The minimum absolute atomic E-state index is 0.0619. The molecule has 0 bridgehead atoms. The lowest BCUT2D eigenvalue weighted by atomic mass is 10.1. The van der Waals surface area contributed by atoms with Crippen LogP contribution in [0.2, 0.25) is 0 Å². The van der Waals surface area contributed by atoms with Gasteiger partial charge in [-0.25, -0.2) is 0 Å². The van der Waals surface area contributed by atoms with Gasteiger partial charge >= 0.3 is 0 Å². The van der Waals surface area contributed by atoms with Crippen LogP contribution in [0.4, 0.5) is 0 Å². The number of Topliss-reactive ketones (excluding diaryl/α,β-unsaturated/α-hetero) is 1. The van der Waals surface area contributed by atoms with E-state index in [4.69, 9.17) is 0 Å². The van der Waals surface area contributed by atoms with E-state index in [1.165, 1.54) is 0 Å². The summed E-state index contributed by atoms with van der Waals surface area (Å²) in [4.78, 5) is 11.6. The van der Waals surface area contributed by atoms with E-state index < -0.39 is 0 Å². The molecule has 1 rings (SSSR count). The van der Waals surface area contributed by atoms with Gasteiger partial charge in [-0.15, -0.1) is 0 Å². The largest absolute Gasteiger partial charge is 0.292 e. The van der Waals surface area contributed by atoms with Crippen LogP contribution >= 0.6 is 31.9 Å². The summed E-state index contributed by atoms with van der Waals surface area (Å²) in [7, 11) is 0. The monoisotopic (exact) mass is 304 g/mol. The summed E-state index contributed by atoms with van der Waals surface area (Å²) in [6.45, 7) is 3.97. The van der Waals surface area contributed by atoms with Crippen LogP contribution in [-0.2, 0) is 0 Å². The number of rotatable bonds is 2. The molecule has 0 spiro atoms. The highest BCUT2D eigenvalue weighted by atomic mass is 79.9. The number of benzene rings is 1. The first-order valence-corrected chi connectivity index (χ1v) is 5.74. The van der Waals surface area contributed by atoms with Crippen LogP contribution in [0.1, 0.15) is 21.5 Å². The zero-order valence-electron chi connectivity index (χ0n) is 7.47. The molecule has 0 atom stereocenters. The smallest absolute Gasteiger partial charge is 0.187 e. The van der Waals surface area contributed by atoms with Gasteiger partial charge in [0.2, 0.25) is 0 Å². The fourth-order valence-electron chi connectivity index (χ4n) is 1.24. The van der Waals surface area contributed by atoms with Crippen LogP contribution in [-0.4, -0.2) is 9.52 Å². The van der Waals surface area contributed by atoms with E-state index >= 15 is 0 Å². The van der Waals surface area contributed by atoms with Crippen molar-refractivity contribution in [2.24, 2.45) is 0 Å². The van der Waals surface area contributed by atoms with Gasteiger partial charge in [-0.2, -0.15) is 0 Å².